The lowest BCUT2D eigenvalue weighted by Crippen LogP contribution is -2.13. The third-order valence-corrected chi connectivity index (χ3v) is 4.05. The van der Waals surface area contributed by atoms with Crippen LogP contribution in [0.25, 0.3) is 0 Å². The highest BCUT2D eigenvalue weighted by molar-refractivity contribution is 5.35. The molecule has 1 unspecified atom stereocenters. The number of methoxy groups -OCH3 is 1. The van der Waals surface area contributed by atoms with Gasteiger partial charge in [-0.1, -0.05) is 30.3 Å². The molecule has 104 valence electrons. The van der Waals surface area contributed by atoms with Crippen molar-refractivity contribution in [3.8, 4) is 5.75 Å². The molecule has 0 saturated heterocycles. The van der Waals surface area contributed by atoms with Gasteiger partial charge in [-0.25, -0.2) is 4.39 Å². The van der Waals surface area contributed by atoms with Crippen LogP contribution in [-0.2, 0) is 12.8 Å². The Hall–Kier alpha value is -1.87. The average molecular weight is 272 g/mol. The maximum absolute atomic E-state index is 13.7. The van der Waals surface area contributed by atoms with Crippen LogP contribution < -0.4 is 4.74 Å². The molecule has 0 heterocycles. The summed E-state index contributed by atoms with van der Waals surface area (Å²) in [5.74, 6) is -0.115. The maximum Gasteiger partial charge on any atom is 0.165 e. The highest BCUT2D eigenvalue weighted by Crippen LogP contribution is 2.36. The molecule has 0 spiro atoms. The van der Waals surface area contributed by atoms with Crippen LogP contribution in [0.5, 0.6) is 5.75 Å². The highest BCUT2D eigenvalue weighted by atomic mass is 19.1. The van der Waals surface area contributed by atoms with Gasteiger partial charge in [0.25, 0.3) is 0 Å². The first kappa shape index (κ1) is 13.1. The van der Waals surface area contributed by atoms with Crippen molar-refractivity contribution in [2.45, 2.75) is 18.9 Å². The van der Waals surface area contributed by atoms with Crippen LogP contribution in [0.3, 0.4) is 0 Å². The summed E-state index contributed by atoms with van der Waals surface area (Å²) >= 11 is 0. The molecule has 0 radical (unpaired) electrons. The van der Waals surface area contributed by atoms with E-state index >= 15 is 0 Å². The minimum Gasteiger partial charge on any atom is -0.494 e. The number of benzene rings is 2. The molecule has 1 N–H and O–H groups in total. The van der Waals surface area contributed by atoms with E-state index in [1.54, 1.807) is 12.1 Å². The molecule has 0 bridgehead atoms. The zero-order valence-electron chi connectivity index (χ0n) is 11.3. The summed E-state index contributed by atoms with van der Waals surface area (Å²) in [6.45, 7) is 0. The van der Waals surface area contributed by atoms with Gasteiger partial charge in [0.2, 0.25) is 0 Å². The Balaban J connectivity index is 1.81. The molecular weight excluding hydrogens is 255 g/mol. The van der Waals surface area contributed by atoms with Crippen molar-refractivity contribution in [2.75, 3.05) is 7.11 Å². The van der Waals surface area contributed by atoms with Crippen LogP contribution in [-0.4, -0.2) is 12.2 Å². The maximum atomic E-state index is 13.7. The lowest BCUT2D eigenvalue weighted by molar-refractivity contribution is 0.113. The predicted molar refractivity (Wildman–Crippen MR) is 75.3 cm³/mol. The van der Waals surface area contributed by atoms with Crippen LogP contribution in [0.15, 0.2) is 42.5 Å². The van der Waals surface area contributed by atoms with Gasteiger partial charge in [0.15, 0.2) is 11.6 Å². The van der Waals surface area contributed by atoms with E-state index in [-0.39, 0.29) is 11.7 Å². The number of hydrogen-bond acceptors (Lipinski definition) is 2. The summed E-state index contributed by atoms with van der Waals surface area (Å²) in [7, 11) is 1.43. The molecule has 2 nitrogen and oxygen atoms in total. The molecule has 1 aliphatic carbocycles. The van der Waals surface area contributed by atoms with Crippen molar-refractivity contribution in [1.82, 2.24) is 0 Å². The van der Waals surface area contributed by atoms with Crippen LogP contribution >= 0.6 is 0 Å². The van der Waals surface area contributed by atoms with Crippen molar-refractivity contribution in [2.24, 2.45) is 5.92 Å². The predicted octanol–water partition coefficient (Wildman–Crippen LogP) is 3.28. The number of hydrogen-bond donors (Lipinski definition) is 1. The molecule has 1 atom stereocenters. The van der Waals surface area contributed by atoms with E-state index in [4.69, 9.17) is 4.74 Å². The summed E-state index contributed by atoms with van der Waals surface area (Å²) in [6.07, 6.45) is 1.03. The van der Waals surface area contributed by atoms with E-state index in [9.17, 15) is 9.50 Å². The second-order valence-corrected chi connectivity index (χ2v) is 5.28. The number of aliphatic hydroxyl groups excluding tert-OH is 1. The fourth-order valence-corrected chi connectivity index (χ4v) is 2.95. The Labute approximate surface area is 117 Å². The summed E-state index contributed by atoms with van der Waals surface area (Å²) < 4.78 is 18.6. The molecule has 2 aromatic rings. The molecular formula is C17H17FO2. The number of rotatable bonds is 3. The molecule has 0 fully saturated rings. The standard InChI is InChI=1S/C17H17FO2/c1-20-16-7-6-13(10-15(16)18)17(19)14-8-11-4-2-3-5-12(11)9-14/h2-7,10,14,17,19H,8-9H2,1H3. The molecule has 1 aliphatic rings. The lowest BCUT2D eigenvalue weighted by Gasteiger charge is -2.18. The normalized spacial score (nSPS) is 15.9. The van der Waals surface area contributed by atoms with Gasteiger partial charge < -0.3 is 9.84 Å². The zero-order chi connectivity index (χ0) is 14.1. The van der Waals surface area contributed by atoms with Crippen LogP contribution in [0.1, 0.15) is 22.8 Å². The number of fused-ring (bicyclic) bond motifs is 1. The monoisotopic (exact) mass is 272 g/mol. The van der Waals surface area contributed by atoms with Gasteiger partial charge in [-0.15, -0.1) is 0 Å². The fraction of sp³-hybridized carbons (Fsp3) is 0.294. The molecule has 0 aliphatic heterocycles. The summed E-state index contributed by atoms with van der Waals surface area (Å²) in [5.41, 5.74) is 3.18. The minimum atomic E-state index is -0.650. The van der Waals surface area contributed by atoms with Crippen molar-refractivity contribution >= 4 is 0 Å². The van der Waals surface area contributed by atoms with Gasteiger partial charge in [-0.05, 0) is 47.6 Å². The van der Waals surface area contributed by atoms with Crippen LogP contribution in [0, 0.1) is 11.7 Å². The third-order valence-electron chi connectivity index (χ3n) is 4.05. The molecule has 0 saturated carbocycles. The second kappa shape index (κ2) is 5.25. The second-order valence-electron chi connectivity index (χ2n) is 5.28. The van der Waals surface area contributed by atoms with Crippen molar-refractivity contribution in [3.05, 3.63) is 65.0 Å². The Bertz CT molecular complexity index is 599. The molecule has 2 aromatic carbocycles. The topological polar surface area (TPSA) is 29.5 Å². The quantitative estimate of drug-likeness (QED) is 0.929. The Morgan fingerprint density at radius 3 is 2.35 bits per heavy atom. The first-order chi connectivity index (χ1) is 9.69. The SMILES string of the molecule is COc1ccc(C(O)C2Cc3ccccc3C2)cc1F. The minimum absolute atomic E-state index is 0.111. The Morgan fingerprint density at radius 1 is 1.15 bits per heavy atom. The Kier molecular flexibility index (Phi) is 3.45. The Morgan fingerprint density at radius 2 is 1.80 bits per heavy atom. The van der Waals surface area contributed by atoms with Gasteiger partial charge in [0.05, 0.1) is 13.2 Å². The third kappa shape index (κ3) is 2.29. The van der Waals surface area contributed by atoms with Gasteiger partial charge in [-0.3, -0.25) is 0 Å². The van der Waals surface area contributed by atoms with Gasteiger partial charge in [0.1, 0.15) is 0 Å². The first-order valence-electron chi connectivity index (χ1n) is 6.77. The lowest BCUT2D eigenvalue weighted by atomic mass is 9.93. The summed E-state index contributed by atoms with van der Waals surface area (Å²) in [4.78, 5) is 0. The number of halogens is 1. The van der Waals surface area contributed by atoms with E-state index in [2.05, 4.69) is 12.1 Å². The number of aliphatic hydroxyl groups is 1. The van der Waals surface area contributed by atoms with Crippen LogP contribution in [0.2, 0.25) is 0 Å². The smallest absolute Gasteiger partial charge is 0.165 e. The van der Waals surface area contributed by atoms with E-state index in [0.29, 0.717) is 5.56 Å². The van der Waals surface area contributed by atoms with Gasteiger partial charge in [0, 0.05) is 0 Å². The molecule has 20 heavy (non-hydrogen) atoms. The van der Waals surface area contributed by atoms with Crippen molar-refractivity contribution in [1.29, 1.82) is 0 Å². The van der Waals surface area contributed by atoms with Gasteiger partial charge in [-0.2, -0.15) is 0 Å². The summed E-state index contributed by atoms with van der Waals surface area (Å²) in [5, 5.41) is 10.5. The van der Waals surface area contributed by atoms with E-state index in [1.807, 2.05) is 12.1 Å². The first-order valence-corrected chi connectivity index (χ1v) is 6.77. The summed E-state index contributed by atoms with van der Waals surface area (Å²) in [6, 6.07) is 12.9. The zero-order valence-corrected chi connectivity index (χ0v) is 11.3. The number of ether oxygens (including phenoxy) is 1. The highest BCUT2D eigenvalue weighted by Gasteiger charge is 2.28. The van der Waals surface area contributed by atoms with Crippen LogP contribution in [0.4, 0.5) is 4.39 Å². The molecule has 3 rings (SSSR count). The molecule has 0 aromatic heterocycles. The van der Waals surface area contributed by atoms with Gasteiger partial charge >= 0.3 is 0 Å². The fourth-order valence-electron chi connectivity index (χ4n) is 2.95. The van der Waals surface area contributed by atoms with E-state index in [1.165, 1.54) is 24.3 Å². The molecule has 0 amide bonds. The van der Waals surface area contributed by atoms with Crippen molar-refractivity contribution < 1.29 is 14.2 Å². The van der Waals surface area contributed by atoms with E-state index in [0.717, 1.165) is 12.8 Å². The average Bonchev–Trinajstić information content (AvgIpc) is 2.90. The molecule has 3 heteroatoms. The van der Waals surface area contributed by atoms with Crippen molar-refractivity contribution in [3.63, 3.8) is 0 Å². The largest absolute Gasteiger partial charge is 0.494 e. The van der Waals surface area contributed by atoms with E-state index < -0.39 is 11.9 Å².